The third-order valence-electron chi connectivity index (χ3n) is 7.58. The van der Waals surface area contributed by atoms with Gasteiger partial charge in [-0.25, -0.2) is 4.98 Å². The van der Waals surface area contributed by atoms with Crippen molar-refractivity contribution < 1.29 is 0 Å². The van der Waals surface area contributed by atoms with Crippen molar-refractivity contribution in [3.63, 3.8) is 0 Å². The predicted molar refractivity (Wildman–Crippen MR) is 148 cm³/mol. The van der Waals surface area contributed by atoms with E-state index in [1.54, 1.807) is 0 Å². The van der Waals surface area contributed by atoms with Crippen molar-refractivity contribution in [1.29, 1.82) is 0 Å². The minimum absolute atomic E-state index is 0.173. The van der Waals surface area contributed by atoms with Gasteiger partial charge in [-0.15, -0.1) is 0 Å². The number of anilines is 1. The Bertz CT molecular complexity index is 1560. The molecule has 3 aliphatic rings. The molecule has 0 N–H and O–H groups in total. The van der Waals surface area contributed by atoms with Crippen LogP contribution in [-0.2, 0) is 6.42 Å². The van der Waals surface area contributed by atoms with E-state index in [9.17, 15) is 0 Å². The molecule has 0 bridgehead atoms. The molecule has 0 radical (unpaired) electrons. The molecule has 1 aromatic heterocycles. The highest BCUT2D eigenvalue weighted by molar-refractivity contribution is 6.12. The normalized spacial score (nSPS) is 21.5. The monoisotopic (exact) mass is 465 g/mol. The van der Waals surface area contributed by atoms with Crippen LogP contribution in [0.1, 0.15) is 16.7 Å². The van der Waals surface area contributed by atoms with Gasteiger partial charge in [0.25, 0.3) is 0 Å². The Morgan fingerprint density at radius 3 is 2.31 bits per heavy atom. The molecule has 2 unspecified atom stereocenters. The number of fused-ring (bicyclic) bond motifs is 5. The van der Waals surface area contributed by atoms with Gasteiger partial charge in [0.05, 0.1) is 17.4 Å². The molecular formula is C33H27N3. The summed E-state index contributed by atoms with van der Waals surface area (Å²) >= 11 is 0. The molecule has 0 saturated carbocycles. The predicted octanol–water partition coefficient (Wildman–Crippen LogP) is 7.03. The van der Waals surface area contributed by atoms with E-state index in [1.807, 2.05) is 0 Å². The first-order chi connectivity index (χ1) is 17.7. The van der Waals surface area contributed by atoms with E-state index in [4.69, 9.17) is 9.98 Å². The molecule has 0 fully saturated rings. The summed E-state index contributed by atoms with van der Waals surface area (Å²) in [6, 6.07) is 32.9. The molecule has 7 rings (SSSR count). The smallest absolute Gasteiger partial charge is 0.136 e. The highest BCUT2D eigenvalue weighted by Gasteiger charge is 2.43. The van der Waals surface area contributed by atoms with Gasteiger partial charge in [0.15, 0.2) is 0 Å². The number of pyridine rings is 1. The van der Waals surface area contributed by atoms with Crippen molar-refractivity contribution in [2.45, 2.75) is 25.4 Å². The fraction of sp³-hybridized carbons (Fsp3) is 0.152. The van der Waals surface area contributed by atoms with Gasteiger partial charge in [-0.2, -0.15) is 0 Å². The topological polar surface area (TPSA) is 28.5 Å². The fourth-order valence-corrected chi connectivity index (χ4v) is 5.89. The number of nitrogens with zero attached hydrogens (tertiary/aromatic N) is 3. The minimum atomic E-state index is 0.173. The third-order valence-corrected chi connectivity index (χ3v) is 7.58. The largest absolute Gasteiger partial charge is 0.322 e. The van der Waals surface area contributed by atoms with Crippen LogP contribution in [0.3, 0.4) is 0 Å². The van der Waals surface area contributed by atoms with Gasteiger partial charge in [-0.3, -0.25) is 4.99 Å². The van der Waals surface area contributed by atoms with Gasteiger partial charge in [0.2, 0.25) is 0 Å². The lowest BCUT2D eigenvalue weighted by Gasteiger charge is -2.41. The van der Waals surface area contributed by atoms with Crippen LogP contribution >= 0.6 is 0 Å². The van der Waals surface area contributed by atoms with Crippen molar-refractivity contribution in [3.05, 3.63) is 132 Å². The first-order valence-corrected chi connectivity index (χ1v) is 12.7. The van der Waals surface area contributed by atoms with Crippen LogP contribution in [0.2, 0.25) is 0 Å². The van der Waals surface area contributed by atoms with E-state index in [0.717, 1.165) is 40.3 Å². The van der Waals surface area contributed by atoms with Gasteiger partial charge in [-0.1, -0.05) is 90.5 Å². The first-order valence-electron chi connectivity index (χ1n) is 12.7. The molecule has 0 amide bonds. The van der Waals surface area contributed by atoms with Gasteiger partial charge in [-0.05, 0) is 49.2 Å². The van der Waals surface area contributed by atoms with Crippen LogP contribution < -0.4 is 4.90 Å². The molecule has 0 spiro atoms. The Morgan fingerprint density at radius 1 is 0.722 bits per heavy atom. The number of para-hydroxylation sites is 1. The third kappa shape index (κ3) is 3.51. The quantitative estimate of drug-likeness (QED) is 0.325. The second-order valence-electron chi connectivity index (χ2n) is 9.92. The van der Waals surface area contributed by atoms with Crippen LogP contribution in [0.4, 0.5) is 5.69 Å². The maximum atomic E-state index is 5.31. The van der Waals surface area contributed by atoms with Crippen LogP contribution in [0.15, 0.2) is 120 Å². The molecule has 4 aromatic rings. The Morgan fingerprint density at radius 2 is 1.44 bits per heavy atom. The molecule has 3 atom stereocenters. The molecule has 3 heterocycles. The van der Waals surface area contributed by atoms with Gasteiger partial charge in [0, 0.05) is 34.3 Å². The summed E-state index contributed by atoms with van der Waals surface area (Å²) in [5, 5.41) is 0. The average molecular weight is 466 g/mol. The number of rotatable bonds is 3. The SMILES string of the molecule is Cc1cccc(-c2cccc(-c3cccc(C4=NC5C=CC=CC5[C@H]5Cc6ccccc6N45)c3)n2)c1. The number of benzene rings is 3. The van der Waals surface area contributed by atoms with E-state index in [2.05, 4.69) is 127 Å². The van der Waals surface area contributed by atoms with Crippen molar-refractivity contribution in [3.8, 4) is 22.5 Å². The number of aromatic nitrogens is 1. The van der Waals surface area contributed by atoms with Crippen molar-refractivity contribution in [1.82, 2.24) is 4.98 Å². The highest BCUT2D eigenvalue weighted by Crippen LogP contribution is 2.42. The Kier molecular flexibility index (Phi) is 4.95. The summed E-state index contributed by atoms with van der Waals surface area (Å²) in [7, 11) is 0. The standard InChI is InChI=1S/C33H27N3/c1-22-9-6-11-23(19-22)28-16-8-17-29(34-28)24-12-7-13-26(20-24)33-35-30-15-4-3-14-27(30)32-21-25-10-2-5-18-31(25)36(32)33/h2-20,27,30,32H,21H2,1H3/t27?,30?,32-/m1/s1. The second-order valence-corrected chi connectivity index (χ2v) is 9.92. The number of hydrogen-bond acceptors (Lipinski definition) is 3. The van der Waals surface area contributed by atoms with E-state index in [1.165, 1.54) is 16.8 Å². The number of allylic oxidation sites excluding steroid dienone is 2. The van der Waals surface area contributed by atoms with Crippen molar-refractivity contribution in [2.24, 2.45) is 10.9 Å². The number of hydrogen-bond donors (Lipinski definition) is 0. The van der Waals surface area contributed by atoms with Gasteiger partial charge in [0.1, 0.15) is 5.84 Å². The lowest BCUT2D eigenvalue weighted by atomic mass is 9.84. The lowest BCUT2D eigenvalue weighted by Crippen LogP contribution is -2.50. The minimum Gasteiger partial charge on any atom is -0.322 e. The summed E-state index contributed by atoms with van der Waals surface area (Å²) in [6.45, 7) is 2.12. The fourth-order valence-electron chi connectivity index (χ4n) is 5.89. The van der Waals surface area contributed by atoms with Gasteiger partial charge < -0.3 is 4.90 Å². The number of aliphatic imine (C=N–C) groups is 1. The van der Waals surface area contributed by atoms with Crippen molar-refractivity contribution >= 4 is 11.5 Å². The Labute approximate surface area is 212 Å². The Hall–Kier alpha value is -4.24. The van der Waals surface area contributed by atoms with Crippen LogP contribution in [-0.4, -0.2) is 22.9 Å². The molecule has 3 heteroatoms. The Balaban J connectivity index is 1.31. The second kappa shape index (κ2) is 8.46. The highest BCUT2D eigenvalue weighted by atomic mass is 15.3. The molecule has 1 aliphatic carbocycles. The molecule has 2 aliphatic heterocycles. The molecule has 3 nitrogen and oxygen atoms in total. The first kappa shape index (κ1) is 21.1. The van der Waals surface area contributed by atoms with E-state index in [-0.39, 0.29) is 6.04 Å². The van der Waals surface area contributed by atoms with Gasteiger partial charge >= 0.3 is 0 Å². The van der Waals surface area contributed by atoms with E-state index >= 15 is 0 Å². The zero-order valence-electron chi connectivity index (χ0n) is 20.3. The zero-order chi connectivity index (χ0) is 24.1. The summed E-state index contributed by atoms with van der Waals surface area (Å²) in [5.74, 6) is 1.45. The maximum Gasteiger partial charge on any atom is 0.136 e. The number of amidine groups is 1. The number of aryl methyl sites for hydroxylation is 1. The molecular weight excluding hydrogens is 438 g/mol. The zero-order valence-corrected chi connectivity index (χ0v) is 20.3. The average Bonchev–Trinajstić information content (AvgIpc) is 3.33. The molecule has 3 aromatic carbocycles. The maximum absolute atomic E-state index is 5.31. The summed E-state index contributed by atoms with van der Waals surface area (Å²) < 4.78 is 0. The van der Waals surface area contributed by atoms with Crippen LogP contribution in [0.5, 0.6) is 0 Å². The van der Waals surface area contributed by atoms with Crippen LogP contribution in [0, 0.1) is 12.8 Å². The molecule has 0 saturated heterocycles. The summed E-state index contributed by atoms with van der Waals surface area (Å²) in [4.78, 5) is 12.8. The van der Waals surface area contributed by atoms with E-state index in [0.29, 0.717) is 12.0 Å². The molecule has 174 valence electrons. The molecule has 36 heavy (non-hydrogen) atoms. The van der Waals surface area contributed by atoms with E-state index < -0.39 is 0 Å². The lowest BCUT2D eigenvalue weighted by molar-refractivity contribution is 0.450. The summed E-state index contributed by atoms with van der Waals surface area (Å²) in [5.41, 5.74) is 9.28. The van der Waals surface area contributed by atoms with Crippen molar-refractivity contribution in [2.75, 3.05) is 4.90 Å². The summed E-state index contributed by atoms with van der Waals surface area (Å²) in [6.07, 6.45) is 9.95. The van der Waals surface area contributed by atoms with Crippen LogP contribution in [0.25, 0.3) is 22.5 Å².